The number of anilines is 1. The van der Waals surface area contributed by atoms with Crippen molar-refractivity contribution in [1.29, 1.82) is 0 Å². The maximum absolute atomic E-state index is 13.3. The maximum Gasteiger partial charge on any atom is 0.264 e. The molecule has 0 spiro atoms. The van der Waals surface area contributed by atoms with Crippen molar-refractivity contribution in [1.82, 2.24) is 4.72 Å². The van der Waals surface area contributed by atoms with Crippen LogP contribution in [0, 0.1) is 11.8 Å². The Morgan fingerprint density at radius 3 is 2.73 bits per heavy atom. The minimum atomic E-state index is -3.87. The van der Waals surface area contributed by atoms with Crippen molar-refractivity contribution >= 4 is 33.2 Å². The Bertz CT molecular complexity index is 1360. The Morgan fingerprint density at radius 2 is 1.95 bits per heavy atom. The van der Waals surface area contributed by atoms with Gasteiger partial charge in [-0.25, -0.2) is 13.1 Å². The number of rotatable bonds is 1. The third-order valence-electron chi connectivity index (χ3n) is 8.73. The number of amides is 1. The van der Waals surface area contributed by atoms with Crippen LogP contribution >= 0.6 is 11.6 Å². The van der Waals surface area contributed by atoms with Crippen LogP contribution in [0.4, 0.5) is 5.69 Å². The largest absolute Gasteiger partial charge is 0.487 e. The van der Waals surface area contributed by atoms with Gasteiger partial charge in [-0.05, 0) is 105 Å². The fourth-order valence-corrected chi connectivity index (χ4v) is 7.77. The number of carbonyl (C=O) groups excluding carboxylic acids is 1. The molecule has 0 radical (unpaired) electrons. The quantitative estimate of drug-likeness (QED) is 0.420. The van der Waals surface area contributed by atoms with Gasteiger partial charge in [0.1, 0.15) is 12.4 Å². The highest BCUT2D eigenvalue weighted by Gasteiger charge is 2.37. The highest BCUT2D eigenvalue weighted by molar-refractivity contribution is 7.90. The zero-order valence-electron chi connectivity index (χ0n) is 23.0. The van der Waals surface area contributed by atoms with Gasteiger partial charge in [0, 0.05) is 23.7 Å². The summed E-state index contributed by atoms with van der Waals surface area (Å²) in [4.78, 5) is 15.5. The lowest BCUT2D eigenvalue weighted by atomic mass is 9.70. The summed E-state index contributed by atoms with van der Waals surface area (Å²) in [6.45, 7) is 3.65. The smallest absolute Gasteiger partial charge is 0.264 e. The number of nitrogens with zero attached hydrogens (tertiary/aromatic N) is 1. The second-order valence-electron chi connectivity index (χ2n) is 11.3. The Morgan fingerprint density at radius 1 is 1.10 bits per heavy atom. The number of benzene rings is 2. The summed E-state index contributed by atoms with van der Waals surface area (Å²) >= 11 is 6.29. The summed E-state index contributed by atoms with van der Waals surface area (Å²) in [6.07, 6.45) is 9.22. The third-order valence-corrected chi connectivity index (χ3v) is 10.9. The standard InChI is InChI=1S/C31H39ClN2O5S/c1-2-26-8-3-4-9-29(35)27-14-11-23(27)19-34-16-6-5-7-21-17-25(32)13-10-24(21)20-39-30-15-12-22(18-28(30)34)31(36)33-40(26,37)38/h4,9-10,12-13,15,17-18,23,26-27,29,35H,2-3,5-8,11,14,16,19-20H2,1H3,(H,33,36)/b9-4-/t23-,26+,27+,29+/m0/s1. The molecule has 1 amide bonds. The number of aryl methyl sites for hydroxylation is 1. The predicted molar refractivity (Wildman–Crippen MR) is 158 cm³/mol. The molecule has 3 aliphatic rings. The molecular formula is C31H39ClN2O5S. The molecule has 1 fully saturated rings. The van der Waals surface area contributed by atoms with Crippen LogP contribution in [0.5, 0.6) is 5.75 Å². The fourth-order valence-electron chi connectivity index (χ4n) is 6.14. The van der Waals surface area contributed by atoms with Crippen LogP contribution in [0.2, 0.25) is 5.02 Å². The van der Waals surface area contributed by atoms with E-state index in [0.717, 1.165) is 56.4 Å². The SMILES string of the molecule is CC[C@@H]1CC/C=C\[C@@H](O)[C@@H]2CC[C@H]2CN2CCCCc3cc(Cl)ccc3COc3ccc(cc32)C(=O)NS1(=O)=O. The first-order valence-corrected chi connectivity index (χ1v) is 16.4. The molecule has 2 aliphatic heterocycles. The van der Waals surface area contributed by atoms with Gasteiger partial charge in [-0.3, -0.25) is 4.79 Å². The topological polar surface area (TPSA) is 95.9 Å². The van der Waals surface area contributed by atoms with E-state index in [0.29, 0.717) is 42.6 Å². The van der Waals surface area contributed by atoms with Crippen LogP contribution in [0.25, 0.3) is 0 Å². The average Bonchev–Trinajstić information content (AvgIpc) is 2.93. The van der Waals surface area contributed by atoms with Gasteiger partial charge in [0.25, 0.3) is 5.91 Å². The van der Waals surface area contributed by atoms with Gasteiger partial charge in [0.15, 0.2) is 0 Å². The lowest BCUT2D eigenvalue weighted by Crippen LogP contribution is -2.43. The molecule has 216 valence electrons. The van der Waals surface area contributed by atoms with Crippen LogP contribution in [0.15, 0.2) is 48.6 Å². The lowest BCUT2D eigenvalue weighted by molar-refractivity contribution is 0.0461. The molecule has 0 aromatic heterocycles. The summed E-state index contributed by atoms with van der Waals surface area (Å²) in [7, 11) is -3.87. The summed E-state index contributed by atoms with van der Waals surface area (Å²) < 4.78 is 34.9. The van der Waals surface area contributed by atoms with Crippen molar-refractivity contribution in [3.63, 3.8) is 0 Å². The second kappa shape index (κ2) is 12.5. The Balaban J connectivity index is 1.53. The van der Waals surface area contributed by atoms with Crippen LogP contribution in [0.3, 0.4) is 0 Å². The van der Waals surface area contributed by atoms with E-state index in [-0.39, 0.29) is 11.5 Å². The van der Waals surface area contributed by atoms with Gasteiger partial charge < -0.3 is 14.7 Å². The summed E-state index contributed by atoms with van der Waals surface area (Å²) in [5, 5.41) is 11.0. The Kier molecular flexibility index (Phi) is 9.08. The number of hydrogen-bond donors (Lipinski definition) is 2. The minimum absolute atomic E-state index is 0.148. The molecule has 5 rings (SSSR count). The normalized spacial score (nSPS) is 28.0. The molecule has 0 saturated heterocycles. The van der Waals surface area contributed by atoms with Crippen LogP contribution in [-0.4, -0.2) is 43.9 Å². The summed E-state index contributed by atoms with van der Waals surface area (Å²) in [5.74, 6) is 0.472. The van der Waals surface area contributed by atoms with Gasteiger partial charge in [0.05, 0.1) is 17.0 Å². The van der Waals surface area contributed by atoms with Crippen LogP contribution < -0.4 is 14.4 Å². The number of halogens is 1. The van der Waals surface area contributed by atoms with Crippen LogP contribution in [-0.2, 0) is 23.1 Å². The van der Waals surface area contributed by atoms with Gasteiger partial charge in [-0.15, -0.1) is 0 Å². The molecule has 2 bridgehead atoms. The van der Waals surface area contributed by atoms with Gasteiger partial charge in [-0.1, -0.05) is 36.7 Å². The van der Waals surface area contributed by atoms with Crippen molar-refractivity contribution in [2.45, 2.75) is 76.3 Å². The highest BCUT2D eigenvalue weighted by atomic mass is 35.5. The minimum Gasteiger partial charge on any atom is -0.487 e. The highest BCUT2D eigenvalue weighted by Crippen LogP contribution is 2.41. The number of sulfonamides is 1. The van der Waals surface area contributed by atoms with E-state index in [1.54, 1.807) is 18.2 Å². The van der Waals surface area contributed by atoms with Crippen molar-refractivity contribution in [3.05, 3.63) is 70.3 Å². The number of hydrogen-bond acceptors (Lipinski definition) is 6. The van der Waals surface area contributed by atoms with E-state index in [9.17, 15) is 18.3 Å². The van der Waals surface area contributed by atoms with E-state index in [4.69, 9.17) is 16.3 Å². The number of carbonyl (C=O) groups is 1. The first kappa shape index (κ1) is 29.0. The average molecular weight is 587 g/mol. The van der Waals surface area contributed by atoms with Crippen molar-refractivity contribution in [3.8, 4) is 5.75 Å². The van der Waals surface area contributed by atoms with E-state index >= 15 is 0 Å². The van der Waals surface area contributed by atoms with E-state index < -0.39 is 27.3 Å². The molecule has 1 saturated carbocycles. The van der Waals surface area contributed by atoms with Crippen molar-refractivity contribution in [2.24, 2.45) is 11.8 Å². The molecule has 2 N–H and O–H groups in total. The monoisotopic (exact) mass is 586 g/mol. The van der Waals surface area contributed by atoms with Gasteiger partial charge in [0.2, 0.25) is 10.0 Å². The van der Waals surface area contributed by atoms with E-state index in [2.05, 4.69) is 9.62 Å². The second-order valence-corrected chi connectivity index (χ2v) is 13.7. The molecule has 2 aromatic carbocycles. The van der Waals surface area contributed by atoms with Crippen LogP contribution in [0.1, 0.15) is 73.4 Å². The molecule has 2 heterocycles. The molecule has 0 unspecified atom stereocenters. The molecule has 4 atom stereocenters. The number of aliphatic hydroxyl groups is 1. The first-order chi connectivity index (χ1) is 19.2. The summed E-state index contributed by atoms with van der Waals surface area (Å²) in [5.41, 5.74) is 3.31. The van der Waals surface area contributed by atoms with Gasteiger partial charge in [-0.2, -0.15) is 0 Å². The van der Waals surface area contributed by atoms with Crippen molar-refractivity contribution < 1.29 is 23.1 Å². The predicted octanol–water partition coefficient (Wildman–Crippen LogP) is 5.64. The third kappa shape index (κ3) is 6.50. The van der Waals surface area contributed by atoms with Gasteiger partial charge >= 0.3 is 0 Å². The Labute approximate surface area is 242 Å². The fraction of sp³-hybridized carbons (Fsp3) is 0.516. The molecule has 7 nitrogen and oxygen atoms in total. The molecule has 2 aromatic rings. The number of allylic oxidation sites excluding steroid dienone is 1. The zero-order chi connectivity index (χ0) is 28.3. The number of fused-ring (bicyclic) bond motifs is 3. The lowest BCUT2D eigenvalue weighted by Gasteiger charge is -2.42. The molecular weight excluding hydrogens is 548 g/mol. The first-order valence-electron chi connectivity index (χ1n) is 14.4. The summed E-state index contributed by atoms with van der Waals surface area (Å²) in [6, 6.07) is 11.0. The molecule has 9 heteroatoms. The number of aliphatic hydroxyl groups excluding tert-OH is 1. The number of ether oxygens (including phenoxy) is 1. The Hall–Kier alpha value is -2.55. The van der Waals surface area contributed by atoms with E-state index in [1.165, 1.54) is 5.56 Å². The molecule has 1 aliphatic carbocycles. The molecule has 40 heavy (non-hydrogen) atoms. The zero-order valence-corrected chi connectivity index (χ0v) is 24.6. The van der Waals surface area contributed by atoms with Crippen molar-refractivity contribution in [2.75, 3.05) is 18.0 Å². The van der Waals surface area contributed by atoms with E-state index in [1.807, 2.05) is 37.3 Å². The maximum atomic E-state index is 13.3. The number of nitrogens with one attached hydrogen (secondary N) is 1.